The lowest BCUT2D eigenvalue weighted by Gasteiger charge is -2.13. The van der Waals surface area contributed by atoms with Crippen LogP contribution in [0.5, 0.6) is 11.5 Å². The monoisotopic (exact) mass is 497 g/mol. The summed E-state index contributed by atoms with van der Waals surface area (Å²) >= 11 is 0. The van der Waals surface area contributed by atoms with Gasteiger partial charge in [0.25, 0.3) is 5.91 Å². The fraction of sp³-hybridized carbons (Fsp3) is 0.107. The van der Waals surface area contributed by atoms with Gasteiger partial charge in [-0.15, -0.1) is 0 Å². The fourth-order valence-electron chi connectivity index (χ4n) is 3.55. The van der Waals surface area contributed by atoms with E-state index >= 15 is 0 Å². The van der Waals surface area contributed by atoms with Crippen LogP contribution in [-0.2, 0) is 4.79 Å². The average Bonchev–Trinajstić information content (AvgIpc) is 2.90. The number of nitro benzene ring substituents is 1. The summed E-state index contributed by atoms with van der Waals surface area (Å²) in [7, 11) is 0. The Morgan fingerprint density at radius 3 is 2.41 bits per heavy atom. The van der Waals surface area contributed by atoms with E-state index in [1.165, 1.54) is 31.3 Å². The van der Waals surface area contributed by atoms with Gasteiger partial charge in [0.2, 0.25) is 0 Å². The predicted octanol–water partition coefficient (Wildman–Crippen LogP) is 5.19. The number of esters is 1. The van der Waals surface area contributed by atoms with Crippen molar-refractivity contribution in [1.82, 2.24) is 5.43 Å². The van der Waals surface area contributed by atoms with E-state index in [-0.39, 0.29) is 17.2 Å². The second-order valence-corrected chi connectivity index (χ2v) is 8.17. The molecule has 37 heavy (non-hydrogen) atoms. The first-order valence-electron chi connectivity index (χ1n) is 11.4. The minimum absolute atomic E-state index is 0.0292. The number of carbonyl (C=O) groups is 2. The molecule has 0 bridgehead atoms. The van der Waals surface area contributed by atoms with Gasteiger partial charge < -0.3 is 9.47 Å². The van der Waals surface area contributed by atoms with Crippen LogP contribution in [0.2, 0.25) is 0 Å². The second kappa shape index (κ2) is 11.1. The average molecular weight is 498 g/mol. The Morgan fingerprint density at radius 2 is 1.65 bits per heavy atom. The molecule has 186 valence electrons. The normalized spacial score (nSPS) is 11.7. The van der Waals surface area contributed by atoms with Crippen LogP contribution in [0, 0.1) is 17.0 Å². The summed E-state index contributed by atoms with van der Waals surface area (Å²) in [5.74, 6) is -0.904. The van der Waals surface area contributed by atoms with E-state index in [4.69, 9.17) is 9.47 Å². The van der Waals surface area contributed by atoms with Crippen molar-refractivity contribution in [2.45, 2.75) is 20.0 Å². The Morgan fingerprint density at radius 1 is 0.946 bits per heavy atom. The van der Waals surface area contributed by atoms with Crippen molar-refractivity contribution in [2.75, 3.05) is 0 Å². The van der Waals surface area contributed by atoms with Crippen molar-refractivity contribution >= 4 is 34.6 Å². The quantitative estimate of drug-likeness (QED) is 0.118. The molecule has 0 saturated carbocycles. The van der Waals surface area contributed by atoms with Gasteiger partial charge in [0, 0.05) is 11.6 Å². The molecule has 0 radical (unpaired) electrons. The zero-order valence-electron chi connectivity index (χ0n) is 20.1. The number of amides is 1. The van der Waals surface area contributed by atoms with Crippen molar-refractivity contribution < 1.29 is 24.0 Å². The number of carbonyl (C=O) groups excluding carboxylic acids is 2. The minimum Gasteiger partial charge on any atom is -0.474 e. The van der Waals surface area contributed by atoms with Gasteiger partial charge in [0.1, 0.15) is 5.75 Å². The molecule has 4 aromatic rings. The maximum absolute atomic E-state index is 12.7. The Balaban J connectivity index is 1.53. The molecule has 0 aliphatic carbocycles. The van der Waals surface area contributed by atoms with Crippen molar-refractivity contribution in [1.29, 1.82) is 0 Å². The lowest BCUT2D eigenvalue weighted by atomic mass is 10.0. The molecule has 0 aliphatic heterocycles. The lowest BCUT2D eigenvalue weighted by Crippen LogP contribution is -2.33. The van der Waals surface area contributed by atoms with Crippen LogP contribution in [0.1, 0.15) is 28.4 Å². The number of hydrogen-bond acceptors (Lipinski definition) is 7. The van der Waals surface area contributed by atoms with Gasteiger partial charge in [0.05, 0.1) is 16.7 Å². The van der Waals surface area contributed by atoms with Crippen molar-refractivity contribution in [3.63, 3.8) is 0 Å². The van der Waals surface area contributed by atoms with Crippen LogP contribution in [0.4, 0.5) is 5.69 Å². The van der Waals surface area contributed by atoms with E-state index in [1.54, 1.807) is 24.3 Å². The molecule has 9 heteroatoms. The highest BCUT2D eigenvalue weighted by molar-refractivity contribution is 6.04. The van der Waals surface area contributed by atoms with E-state index in [1.807, 2.05) is 49.4 Å². The van der Waals surface area contributed by atoms with Gasteiger partial charge in [-0.1, -0.05) is 60.2 Å². The number of ether oxygens (including phenoxy) is 2. The topological polar surface area (TPSA) is 120 Å². The Bertz CT molecular complexity index is 1500. The van der Waals surface area contributed by atoms with Gasteiger partial charge in [-0.3, -0.25) is 14.9 Å². The first-order chi connectivity index (χ1) is 17.8. The third-order valence-corrected chi connectivity index (χ3v) is 5.52. The number of rotatable bonds is 8. The van der Waals surface area contributed by atoms with Crippen LogP contribution < -0.4 is 14.9 Å². The molecule has 1 unspecified atom stereocenters. The summed E-state index contributed by atoms with van der Waals surface area (Å²) in [5.41, 5.74) is 4.04. The maximum atomic E-state index is 12.7. The third-order valence-electron chi connectivity index (χ3n) is 5.52. The first-order valence-corrected chi connectivity index (χ1v) is 11.4. The summed E-state index contributed by atoms with van der Waals surface area (Å²) in [5, 5.41) is 16.9. The molecule has 1 amide bonds. The van der Waals surface area contributed by atoms with Gasteiger partial charge in [-0.05, 0) is 48.9 Å². The molecule has 0 aromatic heterocycles. The zero-order valence-corrected chi connectivity index (χ0v) is 20.1. The van der Waals surface area contributed by atoms with Crippen molar-refractivity contribution in [3.8, 4) is 11.5 Å². The molecule has 0 fully saturated rings. The molecule has 0 heterocycles. The highest BCUT2D eigenvalue weighted by Crippen LogP contribution is 2.28. The van der Waals surface area contributed by atoms with Crippen LogP contribution in [-0.4, -0.2) is 29.1 Å². The van der Waals surface area contributed by atoms with E-state index < -0.39 is 22.9 Å². The Kier molecular flexibility index (Phi) is 7.53. The van der Waals surface area contributed by atoms with E-state index in [9.17, 15) is 19.7 Å². The SMILES string of the molecule is Cc1ccc(C(=O)Oc2ccc3ccccc3c2/C=N/NC(=O)C(C)Oc2ccccc2[N+](=O)[O-])cc1. The molecule has 4 aromatic carbocycles. The molecule has 0 aliphatic rings. The zero-order chi connectivity index (χ0) is 26.4. The summed E-state index contributed by atoms with van der Waals surface area (Å²) in [4.78, 5) is 35.9. The molecule has 0 spiro atoms. The molecule has 1 N–H and O–H groups in total. The number of hydrogen-bond donors (Lipinski definition) is 1. The molecular formula is C28H23N3O6. The van der Waals surface area contributed by atoms with Gasteiger partial charge in [-0.2, -0.15) is 5.10 Å². The molecule has 4 rings (SSSR count). The van der Waals surface area contributed by atoms with Crippen molar-refractivity contribution in [3.05, 3.63) is 112 Å². The summed E-state index contributed by atoms with van der Waals surface area (Å²) < 4.78 is 11.1. The smallest absolute Gasteiger partial charge is 0.343 e. The predicted molar refractivity (Wildman–Crippen MR) is 139 cm³/mol. The molecule has 0 saturated heterocycles. The van der Waals surface area contributed by atoms with Crippen LogP contribution in [0.3, 0.4) is 0 Å². The number of nitrogens with one attached hydrogen (secondary N) is 1. The maximum Gasteiger partial charge on any atom is 0.343 e. The molecule has 9 nitrogen and oxygen atoms in total. The van der Waals surface area contributed by atoms with Crippen LogP contribution in [0.25, 0.3) is 10.8 Å². The van der Waals surface area contributed by atoms with E-state index in [0.29, 0.717) is 11.1 Å². The van der Waals surface area contributed by atoms with Gasteiger partial charge in [-0.25, -0.2) is 10.2 Å². The number of aryl methyl sites for hydroxylation is 1. The van der Waals surface area contributed by atoms with Gasteiger partial charge >= 0.3 is 11.7 Å². The largest absolute Gasteiger partial charge is 0.474 e. The number of hydrazone groups is 1. The number of para-hydroxylation sites is 2. The first kappa shape index (κ1) is 25.1. The van der Waals surface area contributed by atoms with Crippen molar-refractivity contribution in [2.24, 2.45) is 5.10 Å². The minimum atomic E-state index is -1.07. The number of fused-ring (bicyclic) bond motifs is 1. The van der Waals surface area contributed by atoms with Crippen LogP contribution in [0.15, 0.2) is 90.0 Å². The number of nitrogens with zero attached hydrogens (tertiary/aromatic N) is 2. The summed E-state index contributed by atoms with van der Waals surface area (Å²) in [6, 6.07) is 23.8. The number of nitro groups is 1. The molecular weight excluding hydrogens is 474 g/mol. The second-order valence-electron chi connectivity index (χ2n) is 8.17. The van der Waals surface area contributed by atoms with Gasteiger partial charge in [0.15, 0.2) is 11.9 Å². The van der Waals surface area contributed by atoms with E-state index in [0.717, 1.165) is 16.3 Å². The number of benzene rings is 4. The molecule has 1 atom stereocenters. The third kappa shape index (κ3) is 5.96. The Labute approximate surface area is 212 Å². The summed E-state index contributed by atoms with van der Waals surface area (Å²) in [6.07, 6.45) is 0.319. The van der Waals surface area contributed by atoms with E-state index in [2.05, 4.69) is 10.5 Å². The fourth-order valence-corrected chi connectivity index (χ4v) is 3.55. The Hall–Kier alpha value is -5.05. The van der Waals surface area contributed by atoms with Crippen LogP contribution >= 0.6 is 0 Å². The lowest BCUT2D eigenvalue weighted by molar-refractivity contribution is -0.386. The summed E-state index contributed by atoms with van der Waals surface area (Å²) in [6.45, 7) is 3.38. The highest BCUT2D eigenvalue weighted by Gasteiger charge is 2.20. The standard InChI is InChI=1S/C28H23N3O6/c1-18-11-13-21(14-12-18)28(33)37-25-16-15-20-7-3-4-8-22(20)23(25)17-29-30-27(32)19(2)36-26-10-6-5-9-24(26)31(34)35/h3-17,19H,1-2H3,(H,30,32)/b29-17+. The highest BCUT2D eigenvalue weighted by atomic mass is 16.6.